The second-order valence-corrected chi connectivity index (χ2v) is 5.98. The van der Waals surface area contributed by atoms with E-state index in [1.54, 1.807) is 0 Å². The normalized spacial score (nSPS) is 23.4. The predicted octanol–water partition coefficient (Wildman–Crippen LogP) is 3.36. The SMILES string of the molecule is CCn1nc(CC2(C)CCC(=O)C2)c2ccccc21. The molecule has 1 saturated carbocycles. The largest absolute Gasteiger partial charge is 0.300 e. The number of rotatable bonds is 3. The summed E-state index contributed by atoms with van der Waals surface area (Å²) in [6, 6.07) is 8.39. The first kappa shape index (κ1) is 12.4. The maximum absolute atomic E-state index is 11.5. The van der Waals surface area contributed by atoms with Gasteiger partial charge in [-0.3, -0.25) is 9.48 Å². The summed E-state index contributed by atoms with van der Waals surface area (Å²) in [4.78, 5) is 11.5. The molecule has 1 atom stereocenters. The molecule has 2 aromatic rings. The molecule has 1 heterocycles. The van der Waals surface area contributed by atoms with Gasteiger partial charge in [0, 0.05) is 24.8 Å². The molecule has 1 aliphatic rings. The Balaban J connectivity index is 1.99. The van der Waals surface area contributed by atoms with E-state index in [0.717, 1.165) is 31.5 Å². The van der Waals surface area contributed by atoms with Gasteiger partial charge in [-0.2, -0.15) is 5.10 Å². The van der Waals surface area contributed by atoms with E-state index in [0.29, 0.717) is 12.2 Å². The van der Waals surface area contributed by atoms with Gasteiger partial charge in [0.05, 0.1) is 11.2 Å². The summed E-state index contributed by atoms with van der Waals surface area (Å²) in [5, 5.41) is 5.99. The molecule has 0 spiro atoms. The Hall–Kier alpha value is -1.64. The molecule has 3 nitrogen and oxygen atoms in total. The van der Waals surface area contributed by atoms with Crippen molar-refractivity contribution in [3.05, 3.63) is 30.0 Å². The zero-order valence-corrected chi connectivity index (χ0v) is 11.6. The van der Waals surface area contributed by atoms with E-state index in [1.807, 2.05) is 0 Å². The van der Waals surface area contributed by atoms with Crippen molar-refractivity contribution in [2.75, 3.05) is 0 Å². The molecule has 0 aliphatic heterocycles. The summed E-state index contributed by atoms with van der Waals surface area (Å²) < 4.78 is 2.06. The number of carbonyl (C=O) groups is 1. The molecule has 1 aromatic carbocycles. The van der Waals surface area contributed by atoms with Crippen LogP contribution >= 0.6 is 0 Å². The first-order valence-corrected chi connectivity index (χ1v) is 7.07. The first-order valence-electron chi connectivity index (χ1n) is 7.07. The minimum Gasteiger partial charge on any atom is -0.300 e. The van der Waals surface area contributed by atoms with Crippen LogP contribution in [0.4, 0.5) is 0 Å². The number of nitrogens with zero attached hydrogens (tertiary/aromatic N) is 2. The Morgan fingerprint density at radius 2 is 2.16 bits per heavy atom. The Labute approximate surface area is 113 Å². The molecule has 1 unspecified atom stereocenters. The van der Waals surface area contributed by atoms with Crippen LogP contribution < -0.4 is 0 Å². The van der Waals surface area contributed by atoms with E-state index < -0.39 is 0 Å². The third-order valence-electron chi connectivity index (χ3n) is 4.26. The van der Waals surface area contributed by atoms with Gasteiger partial charge >= 0.3 is 0 Å². The van der Waals surface area contributed by atoms with Crippen LogP contribution in [-0.2, 0) is 17.8 Å². The van der Waals surface area contributed by atoms with Crippen molar-refractivity contribution in [1.29, 1.82) is 0 Å². The highest BCUT2D eigenvalue weighted by atomic mass is 16.1. The summed E-state index contributed by atoms with van der Waals surface area (Å²) in [6.45, 7) is 5.22. The topological polar surface area (TPSA) is 34.9 Å². The number of ketones is 1. The average Bonchev–Trinajstić information content (AvgIpc) is 2.91. The van der Waals surface area contributed by atoms with Crippen molar-refractivity contribution in [2.24, 2.45) is 5.41 Å². The predicted molar refractivity (Wildman–Crippen MR) is 76.1 cm³/mol. The molecule has 0 radical (unpaired) electrons. The van der Waals surface area contributed by atoms with E-state index >= 15 is 0 Å². The summed E-state index contributed by atoms with van der Waals surface area (Å²) >= 11 is 0. The van der Waals surface area contributed by atoms with E-state index in [9.17, 15) is 4.79 Å². The fourth-order valence-electron chi connectivity index (χ4n) is 3.22. The Bertz CT molecular complexity index is 629. The zero-order chi connectivity index (χ0) is 13.5. The van der Waals surface area contributed by atoms with Gasteiger partial charge in [-0.05, 0) is 31.2 Å². The van der Waals surface area contributed by atoms with Crippen molar-refractivity contribution in [3.8, 4) is 0 Å². The molecule has 1 fully saturated rings. The van der Waals surface area contributed by atoms with E-state index in [1.165, 1.54) is 10.9 Å². The van der Waals surface area contributed by atoms with E-state index in [2.05, 4.69) is 42.8 Å². The van der Waals surface area contributed by atoms with E-state index in [-0.39, 0.29) is 5.41 Å². The molecule has 0 amide bonds. The lowest BCUT2D eigenvalue weighted by atomic mass is 9.83. The monoisotopic (exact) mass is 256 g/mol. The maximum atomic E-state index is 11.5. The number of benzene rings is 1. The van der Waals surface area contributed by atoms with Crippen LogP contribution in [-0.4, -0.2) is 15.6 Å². The van der Waals surface area contributed by atoms with Crippen LogP contribution in [0.25, 0.3) is 10.9 Å². The second-order valence-electron chi connectivity index (χ2n) is 5.98. The number of hydrogen-bond donors (Lipinski definition) is 0. The number of carbonyl (C=O) groups excluding carboxylic acids is 1. The summed E-state index contributed by atoms with van der Waals surface area (Å²) in [7, 11) is 0. The summed E-state index contributed by atoms with van der Waals surface area (Å²) in [5.41, 5.74) is 2.45. The minimum absolute atomic E-state index is 0.104. The van der Waals surface area contributed by atoms with Gasteiger partial charge < -0.3 is 0 Å². The van der Waals surface area contributed by atoms with Crippen LogP contribution in [0.15, 0.2) is 24.3 Å². The van der Waals surface area contributed by atoms with Crippen LogP contribution in [0, 0.1) is 5.41 Å². The van der Waals surface area contributed by atoms with Crippen LogP contribution in [0.1, 0.15) is 38.8 Å². The van der Waals surface area contributed by atoms with Gasteiger partial charge in [0.25, 0.3) is 0 Å². The number of Topliss-reactive ketones (excluding diaryl/α,β-unsaturated/α-hetero) is 1. The van der Waals surface area contributed by atoms with Crippen molar-refractivity contribution in [2.45, 2.75) is 46.1 Å². The number of hydrogen-bond acceptors (Lipinski definition) is 2. The Morgan fingerprint density at radius 3 is 2.84 bits per heavy atom. The highest BCUT2D eigenvalue weighted by Gasteiger charge is 2.35. The van der Waals surface area contributed by atoms with Gasteiger partial charge in [0.15, 0.2) is 0 Å². The fraction of sp³-hybridized carbons (Fsp3) is 0.500. The summed E-state index contributed by atoms with van der Waals surface area (Å²) in [5.74, 6) is 0.404. The number of aromatic nitrogens is 2. The third kappa shape index (κ3) is 2.18. The quantitative estimate of drug-likeness (QED) is 0.844. The van der Waals surface area contributed by atoms with Crippen molar-refractivity contribution < 1.29 is 4.79 Å². The van der Waals surface area contributed by atoms with Crippen molar-refractivity contribution >= 4 is 16.7 Å². The number of aryl methyl sites for hydroxylation is 1. The Kier molecular flexibility index (Phi) is 2.92. The molecule has 3 heteroatoms. The first-order chi connectivity index (χ1) is 9.11. The van der Waals surface area contributed by atoms with Crippen molar-refractivity contribution in [1.82, 2.24) is 9.78 Å². The smallest absolute Gasteiger partial charge is 0.133 e. The standard InChI is InChI=1S/C16H20N2O/c1-3-18-15-7-5-4-6-13(15)14(17-18)11-16(2)9-8-12(19)10-16/h4-7H,3,8-11H2,1-2H3. The molecule has 0 N–H and O–H groups in total. The molecule has 19 heavy (non-hydrogen) atoms. The summed E-state index contributed by atoms with van der Waals surface area (Å²) in [6.07, 6.45) is 3.36. The molecule has 0 saturated heterocycles. The lowest BCUT2D eigenvalue weighted by molar-refractivity contribution is -0.117. The van der Waals surface area contributed by atoms with Gasteiger partial charge in [-0.1, -0.05) is 25.1 Å². The zero-order valence-electron chi connectivity index (χ0n) is 11.6. The van der Waals surface area contributed by atoms with Gasteiger partial charge in [-0.25, -0.2) is 0 Å². The van der Waals surface area contributed by atoms with Crippen LogP contribution in [0.2, 0.25) is 0 Å². The molecular weight excluding hydrogens is 236 g/mol. The molecule has 3 rings (SSSR count). The minimum atomic E-state index is 0.104. The molecular formula is C16H20N2O. The fourth-order valence-corrected chi connectivity index (χ4v) is 3.22. The van der Waals surface area contributed by atoms with Gasteiger partial charge in [0.1, 0.15) is 5.78 Å². The highest BCUT2D eigenvalue weighted by Crippen LogP contribution is 2.39. The van der Waals surface area contributed by atoms with Crippen LogP contribution in [0.5, 0.6) is 0 Å². The maximum Gasteiger partial charge on any atom is 0.133 e. The Morgan fingerprint density at radius 1 is 1.37 bits per heavy atom. The molecule has 1 aromatic heterocycles. The third-order valence-corrected chi connectivity index (χ3v) is 4.26. The lowest BCUT2D eigenvalue weighted by Gasteiger charge is -2.21. The molecule has 1 aliphatic carbocycles. The van der Waals surface area contributed by atoms with Gasteiger partial charge in [0.2, 0.25) is 0 Å². The highest BCUT2D eigenvalue weighted by molar-refractivity contribution is 5.83. The van der Waals surface area contributed by atoms with E-state index in [4.69, 9.17) is 5.10 Å². The average molecular weight is 256 g/mol. The molecule has 100 valence electrons. The number of fused-ring (bicyclic) bond motifs is 1. The molecule has 0 bridgehead atoms. The van der Waals surface area contributed by atoms with Gasteiger partial charge in [-0.15, -0.1) is 0 Å². The number of para-hydroxylation sites is 1. The van der Waals surface area contributed by atoms with Crippen molar-refractivity contribution in [3.63, 3.8) is 0 Å². The van der Waals surface area contributed by atoms with Crippen LogP contribution in [0.3, 0.4) is 0 Å². The second kappa shape index (κ2) is 4.48. The lowest BCUT2D eigenvalue weighted by Crippen LogP contribution is -2.16.